The molecule has 1 heterocycles. The van der Waals surface area contributed by atoms with E-state index in [0.717, 1.165) is 11.3 Å². The molecule has 22 heavy (non-hydrogen) atoms. The van der Waals surface area contributed by atoms with Gasteiger partial charge in [-0.25, -0.2) is 0 Å². The summed E-state index contributed by atoms with van der Waals surface area (Å²) in [4.78, 5) is 15.2. The SMILES string of the molecule is CS(=O)(=O)O.NC(N)=NC(=O)C1=Cc2ccccc2OCC1. The summed E-state index contributed by atoms with van der Waals surface area (Å²) in [5, 5.41) is 0. The van der Waals surface area contributed by atoms with E-state index >= 15 is 0 Å². The van der Waals surface area contributed by atoms with E-state index < -0.39 is 16.0 Å². The van der Waals surface area contributed by atoms with Crippen LogP contribution in [0.5, 0.6) is 5.75 Å². The average Bonchev–Trinajstić information content (AvgIpc) is 2.57. The van der Waals surface area contributed by atoms with E-state index in [2.05, 4.69) is 4.99 Å². The highest BCUT2D eigenvalue weighted by atomic mass is 32.2. The molecule has 0 aliphatic carbocycles. The number of hydrogen-bond acceptors (Lipinski definition) is 4. The first-order valence-corrected chi connectivity index (χ1v) is 8.00. The second-order valence-electron chi connectivity index (χ2n) is 4.38. The van der Waals surface area contributed by atoms with Crippen molar-refractivity contribution in [2.45, 2.75) is 6.42 Å². The number of para-hydroxylation sites is 1. The first-order chi connectivity index (χ1) is 10.2. The van der Waals surface area contributed by atoms with Gasteiger partial charge >= 0.3 is 0 Å². The minimum atomic E-state index is -3.67. The van der Waals surface area contributed by atoms with Gasteiger partial charge in [-0.05, 0) is 12.1 Å². The van der Waals surface area contributed by atoms with Crippen LogP contribution in [0.15, 0.2) is 34.8 Å². The molecule has 0 saturated carbocycles. The predicted molar refractivity (Wildman–Crippen MR) is 82.8 cm³/mol. The Morgan fingerprint density at radius 3 is 2.50 bits per heavy atom. The number of hydrogen-bond donors (Lipinski definition) is 3. The average molecular weight is 327 g/mol. The lowest BCUT2D eigenvalue weighted by Crippen LogP contribution is -2.24. The molecule has 1 aromatic carbocycles. The maximum atomic E-state index is 11.7. The van der Waals surface area contributed by atoms with Crippen LogP contribution in [0, 0.1) is 0 Å². The topological polar surface area (TPSA) is 145 Å². The lowest BCUT2D eigenvalue weighted by Gasteiger charge is -2.03. The van der Waals surface area contributed by atoms with Crippen molar-refractivity contribution < 1.29 is 22.5 Å². The van der Waals surface area contributed by atoms with Gasteiger partial charge in [0.25, 0.3) is 16.0 Å². The molecule has 1 aliphatic rings. The minimum Gasteiger partial charge on any atom is -0.493 e. The number of fused-ring (bicyclic) bond motifs is 1. The zero-order valence-corrected chi connectivity index (χ0v) is 12.7. The van der Waals surface area contributed by atoms with Crippen LogP contribution in [0.3, 0.4) is 0 Å². The number of ether oxygens (including phenoxy) is 1. The van der Waals surface area contributed by atoms with Gasteiger partial charge in [-0.3, -0.25) is 9.35 Å². The molecule has 0 fully saturated rings. The Labute approximate surface area is 128 Å². The Kier molecular flexibility index (Phi) is 6.08. The van der Waals surface area contributed by atoms with Crippen LogP contribution < -0.4 is 16.2 Å². The van der Waals surface area contributed by atoms with E-state index in [0.29, 0.717) is 24.9 Å². The number of benzene rings is 1. The first kappa shape index (κ1) is 17.7. The number of guanidine groups is 1. The third-order valence-corrected chi connectivity index (χ3v) is 2.38. The summed E-state index contributed by atoms with van der Waals surface area (Å²) in [6.07, 6.45) is 2.97. The number of nitrogens with zero attached hydrogens (tertiary/aromatic N) is 1. The Morgan fingerprint density at radius 2 is 1.91 bits per heavy atom. The molecule has 0 radical (unpaired) electrons. The third-order valence-electron chi connectivity index (χ3n) is 2.38. The molecule has 5 N–H and O–H groups in total. The maximum absolute atomic E-state index is 11.7. The van der Waals surface area contributed by atoms with Crippen LogP contribution in [0.2, 0.25) is 0 Å². The molecule has 0 saturated heterocycles. The van der Waals surface area contributed by atoms with Gasteiger partial charge in [-0.15, -0.1) is 0 Å². The molecule has 0 spiro atoms. The summed E-state index contributed by atoms with van der Waals surface area (Å²) in [5.74, 6) is 0.125. The van der Waals surface area contributed by atoms with E-state index in [1.165, 1.54) is 0 Å². The molecule has 0 aromatic heterocycles. The fourth-order valence-corrected chi connectivity index (χ4v) is 1.62. The molecule has 0 atom stereocenters. The molecule has 1 aliphatic heterocycles. The Balaban J connectivity index is 0.000000422. The summed E-state index contributed by atoms with van der Waals surface area (Å²) in [7, 11) is -3.67. The Bertz CT molecular complexity index is 698. The molecule has 0 bridgehead atoms. The molecule has 9 heteroatoms. The number of nitrogens with two attached hydrogens (primary N) is 2. The highest BCUT2D eigenvalue weighted by Gasteiger charge is 2.14. The van der Waals surface area contributed by atoms with Crippen LogP contribution in [0.1, 0.15) is 12.0 Å². The fraction of sp³-hybridized carbons (Fsp3) is 0.231. The maximum Gasteiger partial charge on any atom is 0.276 e. The van der Waals surface area contributed by atoms with E-state index in [4.69, 9.17) is 20.8 Å². The Hall–Kier alpha value is -2.39. The molecule has 120 valence electrons. The highest BCUT2D eigenvalue weighted by Crippen LogP contribution is 2.25. The molecule has 1 aromatic rings. The highest BCUT2D eigenvalue weighted by molar-refractivity contribution is 7.85. The summed E-state index contributed by atoms with van der Waals surface area (Å²) < 4.78 is 31.4. The van der Waals surface area contributed by atoms with Gasteiger partial charge in [0.05, 0.1) is 12.9 Å². The molecule has 1 amide bonds. The minimum absolute atomic E-state index is 0.227. The standard InChI is InChI=1S/C12H13N3O2.CH4O3S/c13-12(14)15-11(16)9-5-6-17-10-4-2-1-3-8(10)7-9;1-5(2,3)4/h1-4,7H,5-6H2,(H4,13,14,15,16);1H3,(H,2,3,4). The van der Waals surface area contributed by atoms with Gasteiger partial charge in [0.1, 0.15) is 5.75 Å². The summed E-state index contributed by atoms with van der Waals surface area (Å²) in [5.41, 5.74) is 11.8. The molecule has 2 rings (SSSR count). The zero-order valence-electron chi connectivity index (χ0n) is 11.9. The van der Waals surface area contributed by atoms with Gasteiger partial charge < -0.3 is 16.2 Å². The normalized spacial score (nSPS) is 13.3. The summed E-state index contributed by atoms with van der Waals surface area (Å²) in [6.45, 7) is 0.439. The van der Waals surface area contributed by atoms with E-state index in [1.807, 2.05) is 24.3 Å². The monoisotopic (exact) mass is 327 g/mol. The van der Waals surface area contributed by atoms with Crippen LogP contribution in [0.4, 0.5) is 0 Å². The van der Waals surface area contributed by atoms with E-state index in [-0.39, 0.29) is 5.96 Å². The zero-order chi connectivity index (χ0) is 16.8. The first-order valence-electron chi connectivity index (χ1n) is 6.15. The summed E-state index contributed by atoms with van der Waals surface area (Å²) in [6, 6.07) is 7.51. The van der Waals surface area contributed by atoms with Crippen molar-refractivity contribution in [3.8, 4) is 5.75 Å². The fourth-order valence-electron chi connectivity index (χ4n) is 1.62. The van der Waals surface area contributed by atoms with Gasteiger partial charge in [0, 0.05) is 17.6 Å². The van der Waals surface area contributed by atoms with Gasteiger partial charge in [-0.1, -0.05) is 18.2 Å². The van der Waals surface area contributed by atoms with Crippen LogP contribution in [-0.4, -0.2) is 37.7 Å². The van der Waals surface area contributed by atoms with Crippen molar-refractivity contribution in [1.82, 2.24) is 0 Å². The van der Waals surface area contributed by atoms with Crippen molar-refractivity contribution in [3.63, 3.8) is 0 Å². The predicted octanol–water partition coefficient (Wildman–Crippen LogP) is 0.157. The second-order valence-corrected chi connectivity index (χ2v) is 5.85. The van der Waals surface area contributed by atoms with Crippen LogP contribution in [0.25, 0.3) is 6.08 Å². The number of carbonyl (C=O) groups excluding carboxylic acids is 1. The van der Waals surface area contributed by atoms with E-state index in [1.54, 1.807) is 6.08 Å². The van der Waals surface area contributed by atoms with Crippen molar-refractivity contribution in [2.24, 2.45) is 16.5 Å². The third kappa shape index (κ3) is 6.86. The van der Waals surface area contributed by atoms with E-state index in [9.17, 15) is 13.2 Å². The Morgan fingerprint density at radius 1 is 1.32 bits per heavy atom. The number of carbonyl (C=O) groups is 1. The molecular formula is C13H17N3O5S. The van der Waals surface area contributed by atoms with Crippen LogP contribution in [-0.2, 0) is 14.9 Å². The summed E-state index contributed by atoms with van der Waals surface area (Å²) >= 11 is 0. The van der Waals surface area contributed by atoms with Crippen LogP contribution >= 0.6 is 0 Å². The molecular weight excluding hydrogens is 310 g/mol. The number of amides is 1. The van der Waals surface area contributed by atoms with Gasteiger partial charge in [0.2, 0.25) is 0 Å². The van der Waals surface area contributed by atoms with Gasteiger partial charge in [0.15, 0.2) is 5.96 Å². The largest absolute Gasteiger partial charge is 0.493 e. The van der Waals surface area contributed by atoms with Gasteiger partial charge in [-0.2, -0.15) is 13.4 Å². The number of aliphatic imine (C=N–C) groups is 1. The lowest BCUT2D eigenvalue weighted by atomic mass is 10.1. The smallest absolute Gasteiger partial charge is 0.276 e. The number of rotatable bonds is 1. The van der Waals surface area contributed by atoms with Crippen molar-refractivity contribution in [2.75, 3.05) is 12.9 Å². The van der Waals surface area contributed by atoms with Crippen molar-refractivity contribution in [1.29, 1.82) is 0 Å². The lowest BCUT2D eigenvalue weighted by molar-refractivity contribution is -0.114. The van der Waals surface area contributed by atoms with Crippen molar-refractivity contribution >= 4 is 28.1 Å². The molecule has 8 nitrogen and oxygen atoms in total. The molecule has 0 unspecified atom stereocenters. The quantitative estimate of drug-likeness (QED) is 0.378. The second kappa shape index (κ2) is 7.57. The van der Waals surface area contributed by atoms with Crippen molar-refractivity contribution in [3.05, 3.63) is 35.4 Å².